The van der Waals surface area contributed by atoms with Gasteiger partial charge in [0, 0.05) is 18.4 Å². The number of hydrogen-bond donors (Lipinski definition) is 1. The first kappa shape index (κ1) is 12.4. The molecule has 0 saturated carbocycles. The van der Waals surface area contributed by atoms with Crippen LogP contribution in [0.25, 0.3) is 0 Å². The van der Waals surface area contributed by atoms with Crippen LogP contribution in [-0.2, 0) is 11.3 Å². The first-order chi connectivity index (χ1) is 8.76. The zero-order chi connectivity index (χ0) is 12.4. The fraction of sp³-hybridized carbons (Fsp3) is 0.833. The van der Waals surface area contributed by atoms with Crippen LogP contribution in [0.3, 0.4) is 0 Å². The van der Waals surface area contributed by atoms with Gasteiger partial charge in [0.05, 0.1) is 12.1 Å². The molecule has 0 bridgehead atoms. The molecule has 2 unspecified atom stereocenters. The summed E-state index contributed by atoms with van der Waals surface area (Å²) in [5.74, 6) is 3.75. The van der Waals surface area contributed by atoms with E-state index in [2.05, 4.69) is 15.5 Å². The molecule has 1 aromatic heterocycles. The summed E-state index contributed by atoms with van der Waals surface area (Å²) in [6, 6.07) is 0.504. The normalized spacial score (nSPS) is 32.2. The van der Waals surface area contributed by atoms with Crippen LogP contribution in [-0.4, -0.2) is 39.9 Å². The molecule has 0 amide bonds. The van der Waals surface area contributed by atoms with Gasteiger partial charge in [-0.15, -0.1) is 0 Å². The van der Waals surface area contributed by atoms with Crippen molar-refractivity contribution in [3.8, 4) is 0 Å². The molecule has 0 aliphatic carbocycles. The maximum absolute atomic E-state index is 6.00. The Morgan fingerprint density at radius 1 is 1.56 bits per heavy atom. The van der Waals surface area contributed by atoms with E-state index < -0.39 is 0 Å². The third kappa shape index (κ3) is 2.70. The molecule has 2 atom stereocenters. The molecule has 100 valence electrons. The molecule has 6 heteroatoms. The predicted octanol–water partition coefficient (Wildman–Crippen LogP) is 1.52. The molecule has 2 aliphatic rings. The lowest BCUT2D eigenvalue weighted by Gasteiger charge is -2.38. The molecule has 0 aromatic carbocycles. The van der Waals surface area contributed by atoms with E-state index in [0.717, 1.165) is 25.2 Å². The maximum atomic E-state index is 6.00. The zero-order valence-electron chi connectivity index (χ0n) is 10.6. The number of nitrogens with zero attached hydrogens (tertiary/aromatic N) is 2. The maximum Gasteiger partial charge on any atom is 0.240 e. The molecule has 1 N–H and O–H groups in total. The van der Waals surface area contributed by atoms with E-state index in [-0.39, 0.29) is 5.60 Å². The molecule has 2 aliphatic heterocycles. The number of nitrogens with one attached hydrogen (secondary N) is 1. The van der Waals surface area contributed by atoms with Crippen molar-refractivity contribution in [1.82, 2.24) is 15.5 Å². The smallest absolute Gasteiger partial charge is 0.240 e. The molecular formula is C12H19N3O2S. The van der Waals surface area contributed by atoms with Crippen LogP contribution >= 0.6 is 11.8 Å². The molecule has 3 heterocycles. The van der Waals surface area contributed by atoms with E-state index in [1.165, 1.54) is 12.2 Å². The van der Waals surface area contributed by atoms with Gasteiger partial charge in [-0.05, 0) is 31.9 Å². The minimum Gasteiger partial charge on any atom is -0.374 e. The van der Waals surface area contributed by atoms with Crippen molar-refractivity contribution in [2.45, 2.75) is 44.4 Å². The summed E-state index contributed by atoms with van der Waals surface area (Å²) in [7, 11) is 0. The number of ether oxygens (including phenoxy) is 1. The van der Waals surface area contributed by atoms with E-state index in [1.807, 2.05) is 18.7 Å². The van der Waals surface area contributed by atoms with E-state index in [9.17, 15) is 0 Å². The van der Waals surface area contributed by atoms with Crippen molar-refractivity contribution in [2.24, 2.45) is 0 Å². The van der Waals surface area contributed by atoms with Gasteiger partial charge in [0.1, 0.15) is 0 Å². The van der Waals surface area contributed by atoms with Crippen LogP contribution in [0.15, 0.2) is 4.52 Å². The van der Waals surface area contributed by atoms with Crippen molar-refractivity contribution >= 4 is 11.8 Å². The van der Waals surface area contributed by atoms with Crippen LogP contribution in [0, 0.1) is 6.92 Å². The Morgan fingerprint density at radius 3 is 3.22 bits per heavy atom. The predicted molar refractivity (Wildman–Crippen MR) is 69.5 cm³/mol. The average Bonchev–Trinajstić information content (AvgIpc) is 2.97. The van der Waals surface area contributed by atoms with Gasteiger partial charge in [0.25, 0.3) is 0 Å². The Morgan fingerprint density at radius 2 is 2.50 bits per heavy atom. The second kappa shape index (κ2) is 5.19. The van der Waals surface area contributed by atoms with Crippen molar-refractivity contribution in [3.63, 3.8) is 0 Å². The van der Waals surface area contributed by atoms with Gasteiger partial charge in [-0.25, -0.2) is 0 Å². The molecule has 0 radical (unpaired) electrons. The SMILES string of the molecule is Cc1noc(CNC2CCOC3(CCSC3)C2)n1. The van der Waals surface area contributed by atoms with Crippen LogP contribution in [0.5, 0.6) is 0 Å². The summed E-state index contributed by atoms with van der Waals surface area (Å²) in [6.45, 7) is 3.36. The summed E-state index contributed by atoms with van der Waals surface area (Å²) in [4.78, 5) is 4.21. The lowest BCUT2D eigenvalue weighted by atomic mass is 9.90. The lowest BCUT2D eigenvalue weighted by molar-refractivity contribution is -0.0705. The van der Waals surface area contributed by atoms with E-state index in [0.29, 0.717) is 24.3 Å². The summed E-state index contributed by atoms with van der Waals surface area (Å²) in [5.41, 5.74) is 0.130. The Kier molecular flexibility index (Phi) is 3.59. The van der Waals surface area contributed by atoms with Crippen molar-refractivity contribution in [3.05, 3.63) is 11.7 Å². The van der Waals surface area contributed by atoms with E-state index in [1.54, 1.807) is 0 Å². The van der Waals surface area contributed by atoms with Gasteiger partial charge in [0.2, 0.25) is 5.89 Å². The van der Waals surface area contributed by atoms with Gasteiger partial charge in [-0.1, -0.05) is 5.16 Å². The summed E-state index contributed by atoms with van der Waals surface area (Å²) < 4.78 is 11.1. The first-order valence-corrected chi connectivity index (χ1v) is 7.66. The fourth-order valence-corrected chi connectivity index (χ4v) is 4.09. The van der Waals surface area contributed by atoms with E-state index >= 15 is 0 Å². The Balaban J connectivity index is 1.53. The van der Waals surface area contributed by atoms with Gasteiger partial charge in [0.15, 0.2) is 5.82 Å². The topological polar surface area (TPSA) is 60.2 Å². The molecule has 2 saturated heterocycles. The van der Waals surface area contributed by atoms with Crippen molar-refractivity contribution in [2.75, 3.05) is 18.1 Å². The van der Waals surface area contributed by atoms with Gasteiger partial charge in [-0.3, -0.25) is 0 Å². The second-order valence-corrected chi connectivity index (χ2v) is 6.25. The molecule has 2 fully saturated rings. The number of thioether (sulfide) groups is 1. The van der Waals surface area contributed by atoms with Gasteiger partial charge < -0.3 is 14.6 Å². The third-order valence-corrected chi connectivity index (χ3v) is 4.89. The number of hydrogen-bond acceptors (Lipinski definition) is 6. The Bertz CT molecular complexity index is 404. The summed E-state index contributed by atoms with van der Waals surface area (Å²) in [5, 5.41) is 7.31. The van der Waals surface area contributed by atoms with Crippen molar-refractivity contribution in [1.29, 1.82) is 0 Å². The minimum atomic E-state index is 0.130. The lowest BCUT2D eigenvalue weighted by Crippen LogP contribution is -2.47. The van der Waals surface area contributed by atoms with Gasteiger partial charge in [-0.2, -0.15) is 16.7 Å². The second-order valence-electron chi connectivity index (χ2n) is 5.14. The summed E-state index contributed by atoms with van der Waals surface area (Å²) >= 11 is 2.01. The van der Waals surface area contributed by atoms with E-state index in [4.69, 9.17) is 9.26 Å². The van der Waals surface area contributed by atoms with Crippen molar-refractivity contribution < 1.29 is 9.26 Å². The van der Waals surface area contributed by atoms with Gasteiger partial charge >= 0.3 is 0 Å². The molecule has 1 aromatic rings. The molecule has 3 rings (SSSR count). The highest BCUT2D eigenvalue weighted by atomic mass is 32.2. The highest BCUT2D eigenvalue weighted by molar-refractivity contribution is 7.99. The monoisotopic (exact) mass is 269 g/mol. The average molecular weight is 269 g/mol. The highest BCUT2D eigenvalue weighted by Gasteiger charge is 2.40. The Labute approximate surface area is 111 Å². The van der Waals surface area contributed by atoms with Crippen LogP contribution in [0.4, 0.5) is 0 Å². The minimum absolute atomic E-state index is 0.130. The quantitative estimate of drug-likeness (QED) is 0.898. The number of aryl methyl sites for hydroxylation is 1. The Hall–Kier alpha value is -0.590. The van der Waals surface area contributed by atoms with Crippen LogP contribution in [0.2, 0.25) is 0 Å². The first-order valence-electron chi connectivity index (χ1n) is 6.50. The third-order valence-electron chi connectivity index (χ3n) is 3.67. The standard InChI is InChI=1S/C12H19N3O2S/c1-9-14-11(17-15-9)7-13-10-2-4-16-12(6-10)3-5-18-8-12/h10,13H,2-8H2,1H3. The summed E-state index contributed by atoms with van der Waals surface area (Å²) in [6.07, 6.45) is 3.36. The molecule has 1 spiro atoms. The van der Waals surface area contributed by atoms with Crippen LogP contribution < -0.4 is 5.32 Å². The number of rotatable bonds is 3. The largest absolute Gasteiger partial charge is 0.374 e. The molecular weight excluding hydrogens is 250 g/mol. The molecule has 5 nitrogen and oxygen atoms in total. The highest BCUT2D eigenvalue weighted by Crippen LogP contribution is 2.38. The number of aromatic nitrogens is 2. The molecule has 18 heavy (non-hydrogen) atoms. The van der Waals surface area contributed by atoms with Crippen LogP contribution in [0.1, 0.15) is 31.0 Å². The zero-order valence-corrected chi connectivity index (χ0v) is 11.5. The fourth-order valence-electron chi connectivity index (χ4n) is 2.71.